The average Bonchev–Trinajstić information content (AvgIpc) is 2.92. The monoisotopic (exact) mass is 344 g/mol. The number of aryl methyl sites for hydroxylation is 5. The van der Waals surface area contributed by atoms with E-state index in [2.05, 4.69) is 36.8 Å². The predicted molar refractivity (Wildman–Crippen MR) is 98.3 cm³/mol. The number of nitrogens with one attached hydrogen (secondary N) is 2. The summed E-state index contributed by atoms with van der Waals surface area (Å²) in [4.78, 5) is 25.8. The van der Waals surface area contributed by atoms with Gasteiger partial charge in [-0.15, -0.1) is 11.3 Å². The second kappa shape index (κ2) is 8.11. The normalized spacial score (nSPS) is 10.5. The third-order valence-corrected chi connectivity index (χ3v) is 5.38. The first-order chi connectivity index (χ1) is 11.4. The molecule has 0 saturated heterocycles. The highest BCUT2D eigenvalue weighted by Gasteiger charge is 2.12. The third kappa shape index (κ3) is 4.68. The average molecular weight is 344 g/mol. The molecule has 0 fully saturated rings. The molecule has 0 spiro atoms. The van der Waals surface area contributed by atoms with Gasteiger partial charge in [-0.05, 0) is 56.4 Å². The van der Waals surface area contributed by atoms with Crippen LogP contribution in [0.5, 0.6) is 0 Å². The number of carbonyl (C=O) groups is 2. The van der Waals surface area contributed by atoms with Crippen LogP contribution in [0.3, 0.4) is 0 Å². The molecule has 0 unspecified atom stereocenters. The van der Waals surface area contributed by atoms with E-state index in [-0.39, 0.29) is 11.8 Å². The van der Waals surface area contributed by atoms with Crippen molar-refractivity contribution in [3.8, 4) is 0 Å². The van der Waals surface area contributed by atoms with E-state index in [4.69, 9.17) is 0 Å². The summed E-state index contributed by atoms with van der Waals surface area (Å²) in [6, 6.07) is 8.07. The van der Waals surface area contributed by atoms with Gasteiger partial charge in [0, 0.05) is 11.3 Å². The Morgan fingerprint density at radius 2 is 1.79 bits per heavy atom. The van der Waals surface area contributed by atoms with E-state index in [0.29, 0.717) is 17.7 Å². The van der Waals surface area contributed by atoms with Crippen LogP contribution in [-0.4, -0.2) is 11.8 Å². The SMILES string of the molecule is CCc1sc(C(=O)NNC(=O)CCc2ccc(C)cc2C)cc1C. The Morgan fingerprint density at radius 1 is 1.04 bits per heavy atom. The molecule has 0 aliphatic rings. The van der Waals surface area contributed by atoms with Crippen LogP contribution in [0.2, 0.25) is 0 Å². The van der Waals surface area contributed by atoms with Gasteiger partial charge in [0.05, 0.1) is 4.88 Å². The molecule has 1 aromatic heterocycles. The Kier molecular flexibility index (Phi) is 6.15. The first-order valence-corrected chi connectivity index (χ1v) is 8.97. The summed E-state index contributed by atoms with van der Waals surface area (Å²) in [7, 11) is 0. The van der Waals surface area contributed by atoms with E-state index in [9.17, 15) is 9.59 Å². The number of carbonyl (C=O) groups excluding carboxylic acids is 2. The van der Waals surface area contributed by atoms with Gasteiger partial charge in [-0.1, -0.05) is 30.7 Å². The zero-order chi connectivity index (χ0) is 17.7. The zero-order valence-corrected chi connectivity index (χ0v) is 15.5. The second-order valence-corrected chi connectivity index (χ2v) is 7.14. The van der Waals surface area contributed by atoms with Crippen molar-refractivity contribution < 1.29 is 9.59 Å². The van der Waals surface area contributed by atoms with Crippen molar-refractivity contribution >= 4 is 23.2 Å². The van der Waals surface area contributed by atoms with Crippen LogP contribution in [0.4, 0.5) is 0 Å². The van der Waals surface area contributed by atoms with Crippen molar-refractivity contribution in [3.05, 3.63) is 56.3 Å². The van der Waals surface area contributed by atoms with Crippen molar-refractivity contribution in [3.63, 3.8) is 0 Å². The molecule has 128 valence electrons. The van der Waals surface area contributed by atoms with Crippen molar-refractivity contribution in [2.75, 3.05) is 0 Å². The summed E-state index contributed by atoms with van der Waals surface area (Å²) < 4.78 is 0. The highest BCUT2D eigenvalue weighted by molar-refractivity contribution is 7.14. The minimum absolute atomic E-state index is 0.188. The lowest BCUT2D eigenvalue weighted by atomic mass is 10.0. The summed E-state index contributed by atoms with van der Waals surface area (Å²) in [5, 5.41) is 0. The summed E-state index contributed by atoms with van der Waals surface area (Å²) in [5.41, 5.74) is 9.67. The Labute approximate surface area is 147 Å². The fourth-order valence-corrected chi connectivity index (χ4v) is 3.62. The van der Waals surface area contributed by atoms with E-state index >= 15 is 0 Å². The molecule has 0 radical (unpaired) electrons. The van der Waals surface area contributed by atoms with Crippen LogP contribution in [-0.2, 0) is 17.6 Å². The first-order valence-electron chi connectivity index (χ1n) is 8.15. The van der Waals surface area contributed by atoms with Gasteiger partial charge >= 0.3 is 0 Å². The van der Waals surface area contributed by atoms with Crippen molar-refractivity contribution in [2.45, 2.75) is 47.0 Å². The summed E-state index contributed by atoms with van der Waals surface area (Å²) in [5.74, 6) is -0.449. The summed E-state index contributed by atoms with van der Waals surface area (Å²) in [6.45, 7) is 8.16. The number of thiophene rings is 1. The minimum atomic E-state index is -0.261. The van der Waals surface area contributed by atoms with Crippen molar-refractivity contribution in [1.82, 2.24) is 10.9 Å². The quantitative estimate of drug-likeness (QED) is 0.814. The van der Waals surface area contributed by atoms with Gasteiger partial charge < -0.3 is 0 Å². The number of rotatable bonds is 5. The van der Waals surface area contributed by atoms with Gasteiger partial charge in [0.2, 0.25) is 5.91 Å². The maximum atomic E-state index is 12.1. The molecule has 4 nitrogen and oxygen atoms in total. The second-order valence-electron chi connectivity index (χ2n) is 6.00. The molecule has 0 saturated carbocycles. The summed E-state index contributed by atoms with van der Waals surface area (Å²) >= 11 is 1.47. The van der Waals surface area contributed by atoms with Crippen molar-refractivity contribution in [1.29, 1.82) is 0 Å². The molecule has 0 aliphatic heterocycles. The summed E-state index contributed by atoms with van der Waals surface area (Å²) in [6.07, 6.45) is 1.91. The molecular weight excluding hydrogens is 320 g/mol. The fourth-order valence-electron chi connectivity index (χ4n) is 2.61. The van der Waals surface area contributed by atoms with Crippen LogP contribution in [0.1, 0.15) is 50.1 Å². The van der Waals surface area contributed by atoms with Crippen LogP contribution in [0.25, 0.3) is 0 Å². The fraction of sp³-hybridized carbons (Fsp3) is 0.368. The Hall–Kier alpha value is -2.14. The number of amides is 2. The molecule has 5 heteroatoms. The molecule has 2 rings (SSSR count). The van der Waals surface area contributed by atoms with Crippen molar-refractivity contribution in [2.24, 2.45) is 0 Å². The first kappa shape index (κ1) is 18.2. The van der Waals surface area contributed by atoms with E-state index in [0.717, 1.165) is 17.5 Å². The molecule has 0 aliphatic carbocycles. The molecule has 0 bridgehead atoms. The highest BCUT2D eigenvalue weighted by Crippen LogP contribution is 2.22. The van der Waals surface area contributed by atoms with Gasteiger partial charge in [0.1, 0.15) is 0 Å². The third-order valence-electron chi connectivity index (χ3n) is 4.00. The molecule has 24 heavy (non-hydrogen) atoms. The van der Waals surface area contributed by atoms with Gasteiger partial charge in [-0.25, -0.2) is 0 Å². The van der Waals surface area contributed by atoms with Gasteiger partial charge in [-0.3, -0.25) is 20.4 Å². The maximum Gasteiger partial charge on any atom is 0.279 e. The molecule has 2 amide bonds. The minimum Gasteiger partial charge on any atom is -0.273 e. The smallest absolute Gasteiger partial charge is 0.273 e. The Morgan fingerprint density at radius 3 is 2.42 bits per heavy atom. The number of hydrazine groups is 1. The topological polar surface area (TPSA) is 58.2 Å². The van der Waals surface area contributed by atoms with Gasteiger partial charge in [0.25, 0.3) is 5.91 Å². The lowest BCUT2D eigenvalue weighted by Gasteiger charge is -2.08. The number of hydrogen-bond donors (Lipinski definition) is 2. The van der Waals surface area contributed by atoms with Crippen LogP contribution in [0.15, 0.2) is 24.3 Å². The van der Waals surface area contributed by atoms with E-state index in [1.807, 2.05) is 26.0 Å². The lowest BCUT2D eigenvalue weighted by molar-refractivity contribution is -0.121. The highest BCUT2D eigenvalue weighted by atomic mass is 32.1. The molecule has 1 aromatic carbocycles. The largest absolute Gasteiger partial charge is 0.279 e. The van der Waals surface area contributed by atoms with Crippen LogP contribution in [0, 0.1) is 20.8 Å². The molecule has 1 heterocycles. The molecule has 2 N–H and O–H groups in total. The predicted octanol–water partition coefficient (Wildman–Crippen LogP) is 3.63. The zero-order valence-electron chi connectivity index (χ0n) is 14.7. The lowest BCUT2D eigenvalue weighted by Crippen LogP contribution is -2.41. The maximum absolute atomic E-state index is 12.1. The van der Waals surface area contributed by atoms with Gasteiger partial charge in [0.15, 0.2) is 0 Å². The van der Waals surface area contributed by atoms with Crippen LogP contribution < -0.4 is 10.9 Å². The Bertz CT molecular complexity index is 750. The number of benzene rings is 1. The Balaban J connectivity index is 1.83. The number of hydrogen-bond acceptors (Lipinski definition) is 3. The van der Waals surface area contributed by atoms with Crippen LogP contribution >= 0.6 is 11.3 Å². The molecular formula is C19H24N2O2S. The van der Waals surface area contributed by atoms with E-state index in [1.54, 1.807) is 0 Å². The molecule has 0 atom stereocenters. The van der Waals surface area contributed by atoms with Gasteiger partial charge in [-0.2, -0.15) is 0 Å². The molecule has 2 aromatic rings. The standard InChI is InChI=1S/C19H24N2O2S/c1-5-16-14(4)11-17(24-16)19(23)21-20-18(22)9-8-15-7-6-12(2)10-13(15)3/h6-7,10-11H,5,8-9H2,1-4H3,(H,20,22)(H,21,23). The van der Waals surface area contributed by atoms with E-state index < -0.39 is 0 Å². The van der Waals surface area contributed by atoms with E-state index in [1.165, 1.54) is 27.3 Å².